The Morgan fingerprint density at radius 3 is 1.27 bits per heavy atom. The van der Waals surface area contributed by atoms with Gasteiger partial charge in [0.15, 0.2) is 0 Å². The molecule has 0 bridgehead atoms. The van der Waals surface area contributed by atoms with Crippen LogP contribution < -0.4 is 16.5 Å². The number of carbonyl (C=O) groups is 2. The summed E-state index contributed by atoms with van der Waals surface area (Å²) in [4.78, 5) is 58.9. The van der Waals surface area contributed by atoms with Crippen LogP contribution in [0.4, 0.5) is 22.7 Å². The van der Waals surface area contributed by atoms with E-state index in [4.69, 9.17) is 32.4 Å². The Morgan fingerprint density at radius 2 is 0.712 bits per heavy atom. The second-order valence-electron chi connectivity index (χ2n) is 30.2. The Kier molecular flexibility index (Phi) is 28.9. The summed E-state index contributed by atoms with van der Waals surface area (Å²) < 4.78 is 3.71. The first kappa shape index (κ1) is 90.5. The van der Waals surface area contributed by atoms with E-state index in [1.807, 2.05) is 194 Å². The quantitative estimate of drug-likeness (QED) is 0.0190. The maximum Gasteiger partial charge on any atom is 0.495 e. The minimum absolute atomic E-state index is 0.0949. The zero-order valence-corrected chi connectivity index (χ0v) is 77.1. The zero-order valence-electron chi connectivity index (χ0n) is 70.0. The molecule has 0 saturated carbocycles. The molecule has 640 valence electrons. The molecule has 19 aromatic carbocycles. The molecule has 0 fully saturated rings. The molecule has 0 aliphatic rings. The van der Waals surface area contributed by atoms with Crippen LogP contribution in [0.15, 0.2) is 443 Å². The van der Waals surface area contributed by atoms with Gasteiger partial charge in [0, 0.05) is 94.0 Å². The van der Waals surface area contributed by atoms with Crippen LogP contribution in [0.25, 0.3) is 152 Å². The van der Waals surface area contributed by atoms with Gasteiger partial charge in [-0.05, 0) is 178 Å². The van der Waals surface area contributed by atoms with Crippen LogP contribution in [0, 0.1) is 20.2 Å². The average molecular weight is 2000 g/mol. The number of aromatic nitrogens is 3. The molecule has 0 atom stereocenters. The average Bonchev–Trinajstić information content (AvgIpc) is 0.731. The first-order valence-corrected chi connectivity index (χ1v) is 45.2. The van der Waals surface area contributed by atoms with Crippen molar-refractivity contribution in [2.24, 2.45) is 0 Å². The van der Waals surface area contributed by atoms with Crippen LogP contribution in [0.2, 0.25) is 0 Å². The normalized spacial score (nSPS) is 10.8. The van der Waals surface area contributed by atoms with Gasteiger partial charge in [0.25, 0.3) is 22.5 Å². The monoisotopic (exact) mass is 2000 g/mol. The van der Waals surface area contributed by atoms with Gasteiger partial charge in [-0.15, -0.1) is 0 Å². The second-order valence-corrected chi connectivity index (χ2v) is 33.8. The summed E-state index contributed by atoms with van der Waals surface area (Å²) in [6, 6.07) is 134. The second kappa shape index (κ2) is 42.2. The fraction of sp³-hybridized carbons (Fsp3) is 0. The van der Waals surface area contributed by atoms with Crippen LogP contribution in [-0.4, -0.2) is 53.1 Å². The van der Waals surface area contributed by atoms with E-state index >= 15 is 0 Å². The first-order chi connectivity index (χ1) is 64.4. The van der Waals surface area contributed by atoms with Gasteiger partial charge in [0.1, 0.15) is 9.21 Å². The van der Waals surface area contributed by atoms with Crippen molar-refractivity contribution in [1.82, 2.24) is 15.0 Å². The fourth-order valence-corrected chi connectivity index (χ4v) is 18.2. The number of nitro benzene ring substituents is 2. The maximum absolute atomic E-state index is 13.2. The number of fused-ring (bicyclic) bond motifs is 12. The number of nitrogens with zero attached hydrogens (tertiary/aromatic N) is 5. The molecule has 21 heteroatoms. The summed E-state index contributed by atoms with van der Waals surface area (Å²) in [7, 11) is -1.80. The van der Waals surface area contributed by atoms with E-state index < -0.39 is 17.3 Å². The Hall–Kier alpha value is -14.8. The van der Waals surface area contributed by atoms with E-state index in [1.54, 1.807) is 24.4 Å². The molecule has 22 rings (SSSR count). The van der Waals surface area contributed by atoms with Gasteiger partial charge in [-0.3, -0.25) is 29.8 Å². The number of nitrogens with one attached hydrogen (secondary N) is 1. The number of pyridine rings is 3. The lowest BCUT2D eigenvalue weighted by Gasteiger charge is -2.14. The highest BCUT2D eigenvalue weighted by atomic mass is 79.9. The molecule has 22 aromatic rings. The highest BCUT2D eigenvalue weighted by Gasteiger charge is 2.24. The summed E-state index contributed by atoms with van der Waals surface area (Å²) in [6.45, 7) is 0. The predicted molar refractivity (Wildman–Crippen MR) is 558 cm³/mol. The summed E-state index contributed by atoms with van der Waals surface area (Å²) in [6.07, 6.45) is 3.54. The number of nitrogen functional groups attached to an aromatic ring is 1. The smallest absolute Gasteiger partial charge is 0.423 e. The van der Waals surface area contributed by atoms with Crippen LogP contribution in [0.1, 0.15) is 20.7 Å². The molecule has 3 heterocycles. The van der Waals surface area contributed by atoms with Gasteiger partial charge in [0.2, 0.25) is 0 Å². The van der Waals surface area contributed by atoms with E-state index in [2.05, 4.69) is 255 Å². The summed E-state index contributed by atoms with van der Waals surface area (Å²) in [5.74, 6) is -0.182. The topological polar surface area (TPSA) is 238 Å². The van der Waals surface area contributed by atoms with E-state index in [0.29, 0.717) is 16.7 Å². The van der Waals surface area contributed by atoms with Crippen molar-refractivity contribution in [1.29, 1.82) is 0 Å². The predicted octanol–water partition coefficient (Wildman–Crippen LogP) is 30.0. The fourth-order valence-electron chi connectivity index (χ4n) is 16.1. The number of hydrogen-bond acceptors (Lipinski definition) is 12. The lowest BCUT2D eigenvalue weighted by Crippen LogP contribution is -2.31. The molecule has 0 aliphatic carbocycles. The van der Waals surface area contributed by atoms with Gasteiger partial charge in [-0.25, -0.2) is 15.0 Å². The lowest BCUT2D eigenvalue weighted by atomic mass is 9.79. The van der Waals surface area contributed by atoms with Crippen molar-refractivity contribution in [3.05, 3.63) is 474 Å². The molecule has 132 heavy (non-hydrogen) atoms. The van der Waals surface area contributed by atoms with Crippen LogP contribution in [0.3, 0.4) is 0 Å². The molecule has 0 spiro atoms. The Morgan fingerprint density at radius 1 is 0.326 bits per heavy atom. The Labute approximate surface area is 797 Å². The van der Waals surface area contributed by atoms with E-state index in [0.717, 1.165) is 122 Å². The molecule has 0 saturated heterocycles. The first-order valence-electron chi connectivity index (χ1n) is 41.7. The number of benzene rings is 19. The molecule has 1 amide bonds. The molecule has 15 nitrogen and oxygen atoms in total. The number of halogens is 5. The van der Waals surface area contributed by atoms with Crippen LogP contribution >= 0.6 is 75.3 Å². The molecule has 3 aromatic heterocycles. The van der Waals surface area contributed by atoms with Crippen molar-refractivity contribution in [2.75, 3.05) is 11.1 Å². The Bertz CT molecular complexity index is 8100. The number of amides is 1. The SMILES string of the molecule is Brc1cccc2ccccc12.Brc1ncc(-c2nc3ccccc3c3c2ccc2ccccc23)c2ccccc12.Nc1ccccc1-c1cccc2ccccc12.O=C(Cl)c1ccc(Br)c2ccccc12.O=C(Nc1ccccc1-c1cccc2ccccc12)c1cnc(Br)c2ccccc12.O=[N+]([O-])c1ccccc1-c1cccc2ccccc12.O=[N+]([O-])c1ccccc1B(O)O. The highest BCUT2D eigenvalue weighted by molar-refractivity contribution is 9.11. The van der Waals surface area contributed by atoms with Crippen molar-refractivity contribution in [2.45, 2.75) is 0 Å². The minimum atomic E-state index is -1.80. The number of anilines is 2. The van der Waals surface area contributed by atoms with Gasteiger partial charge >= 0.3 is 7.12 Å². The summed E-state index contributed by atoms with van der Waals surface area (Å²) in [5.41, 5.74) is 17.4. The third-order valence-corrected chi connectivity index (χ3v) is 25.1. The lowest BCUT2D eigenvalue weighted by molar-refractivity contribution is -0.384. The zero-order chi connectivity index (χ0) is 91.7. The summed E-state index contributed by atoms with van der Waals surface area (Å²) in [5, 5.41) is 62.9. The molecular weight excluding hydrogens is 1930 g/mol. The molecule has 0 unspecified atom stereocenters. The number of para-hydroxylation sites is 5. The highest BCUT2D eigenvalue weighted by Crippen LogP contribution is 2.43. The maximum atomic E-state index is 13.2. The van der Waals surface area contributed by atoms with Crippen molar-refractivity contribution < 1.29 is 29.5 Å². The molecule has 0 radical (unpaired) electrons. The van der Waals surface area contributed by atoms with Crippen LogP contribution in [0.5, 0.6) is 0 Å². The number of carbonyl (C=O) groups excluding carboxylic acids is 2. The van der Waals surface area contributed by atoms with Gasteiger partial charge < -0.3 is 21.1 Å². The van der Waals surface area contributed by atoms with E-state index in [1.165, 1.54) is 84.4 Å². The minimum Gasteiger partial charge on any atom is -0.423 e. The van der Waals surface area contributed by atoms with Gasteiger partial charge in [0.05, 0.1) is 37.6 Å². The van der Waals surface area contributed by atoms with Crippen molar-refractivity contribution >= 4 is 230 Å². The standard InChI is InChI=1S/C26H17BrN2O.C26H15BrN2.C16H11NO2.C16H13N.C11H6BrClO.C10H7Br.C6H6BNO4/c27-25-22-13-4-3-11-20(22)23(16-28-25)26(30)29-24-15-6-5-12-21(24)19-14-7-9-17-8-1-2-10-18(17)19;27-26-19-10-4-3-9-18(19)22(15-28-26)25-21-14-13-16-7-1-2-8-17(16)24(21)20-11-5-6-12-23(20)29-25;18-17(19)16-11-4-3-9-15(16)14-10-5-7-12-6-1-2-8-13(12)14;17-16-11-4-3-9-15(16)14-10-5-7-12-6-1-2-8-13(12)14;12-10-6-5-9(11(13)14)7-3-1-2-4-8(7)10;11-10-7-3-5-8-4-1-2-6-9(8)10;9-7(10)5-3-1-2-4-6(5)8(11)12/h1-16H,(H,29,30);1-15H;1-11H;1-11H,17H2;1-6H;1-7H;1-4,9-10H. The molecule has 5 N–H and O–H groups in total. The summed E-state index contributed by atoms with van der Waals surface area (Å²) >= 11 is 19.5. The van der Waals surface area contributed by atoms with E-state index in [9.17, 15) is 29.8 Å². The number of rotatable bonds is 10. The van der Waals surface area contributed by atoms with Gasteiger partial charge in [-0.2, -0.15) is 0 Å². The third kappa shape index (κ3) is 20.3. The van der Waals surface area contributed by atoms with Crippen molar-refractivity contribution in [3.8, 4) is 44.6 Å². The largest absolute Gasteiger partial charge is 0.495 e. The number of hydrogen-bond donors (Lipinski definition) is 4. The Balaban J connectivity index is 0.000000116. The third-order valence-electron chi connectivity index (χ3n) is 22.3. The van der Waals surface area contributed by atoms with E-state index in [-0.39, 0.29) is 27.7 Å². The number of nitro groups is 2. The molecular formula is C111H75BBr4ClN7O8. The molecule has 0 aliphatic heterocycles. The van der Waals surface area contributed by atoms with Crippen molar-refractivity contribution in [3.63, 3.8) is 0 Å². The number of nitrogens with two attached hydrogens (primary N) is 1. The van der Waals surface area contributed by atoms with Crippen LogP contribution in [-0.2, 0) is 0 Å². The van der Waals surface area contributed by atoms with Gasteiger partial charge in [-0.1, -0.05) is 390 Å².